The lowest BCUT2D eigenvalue weighted by Gasteiger charge is -2.40. The van der Waals surface area contributed by atoms with Crippen LogP contribution in [0.1, 0.15) is 28.8 Å². The second-order valence-corrected chi connectivity index (χ2v) is 10.3. The van der Waals surface area contributed by atoms with Crippen LogP contribution in [0.15, 0.2) is 41.9 Å². The van der Waals surface area contributed by atoms with Gasteiger partial charge in [-0.15, -0.1) is 11.3 Å². The molecular weight excluding hydrogens is 531 g/mol. The SMILES string of the molecule is CNC(=O)c1ccsc1Nc1nc(Nc2ccc(N3CCC(N4CCOCC4)CC3)cc2)ncc1C(F)(F)F. The fourth-order valence-corrected chi connectivity index (χ4v) is 5.67. The molecule has 0 atom stereocenters. The van der Waals surface area contributed by atoms with Crippen molar-refractivity contribution in [3.63, 3.8) is 0 Å². The standard InChI is InChI=1S/C26H30F3N7O2S/c1-30-23(37)20-8-15-39-24(20)33-22-21(26(27,28)29)16-31-25(34-22)32-17-2-4-18(5-3-17)35-9-6-19(7-10-35)36-11-13-38-14-12-36/h2-5,8,15-16,19H,6-7,9-14H2,1H3,(H,30,37)(H2,31,32,33,34). The number of morpholine rings is 1. The van der Waals surface area contributed by atoms with E-state index in [0.717, 1.165) is 75.5 Å². The second-order valence-electron chi connectivity index (χ2n) is 9.36. The van der Waals surface area contributed by atoms with Crippen LogP contribution in [0.5, 0.6) is 0 Å². The van der Waals surface area contributed by atoms with Gasteiger partial charge in [-0.1, -0.05) is 0 Å². The molecule has 9 nitrogen and oxygen atoms in total. The number of nitrogens with one attached hydrogen (secondary N) is 3. The molecule has 1 amide bonds. The Kier molecular flexibility index (Phi) is 8.19. The molecule has 13 heteroatoms. The molecule has 3 aromatic rings. The van der Waals surface area contributed by atoms with E-state index in [1.54, 1.807) is 5.38 Å². The third kappa shape index (κ3) is 6.43. The summed E-state index contributed by atoms with van der Waals surface area (Å²) in [5.74, 6) is -0.847. The first-order valence-electron chi connectivity index (χ1n) is 12.8. The van der Waals surface area contributed by atoms with Crippen molar-refractivity contribution in [1.29, 1.82) is 0 Å². The molecule has 5 rings (SSSR count). The van der Waals surface area contributed by atoms with E-state index in [4.69, 9.17) is 4.74 Å². The van der Waals surface area contributed by atoms with Gasteiger partial charge in [0.1, 0.15) is 16.4 Å². The first kappa shape index (κ1) is 27.2. The Bertz CT molecular complexity index is 1270. The average Bonchev–Trinajstić information content (AvgIpc) is 3.41. The fourth-order valence-electron chi connectivity index (χ4n) is 4.89. The number of hydrogen-bond acceptors (Lipinski definition) is 9. The Labute approximate surface area is 228 Å². The monoisotopic (exact) mass is 561 g/mol. The minimum Gasteiger partial charge on any atom is -0.379 e. The van der Waals surface area contributed by atoms with E-state index in [1.165, 1.54) is 13.1 Å². The van der Waals surface area contributed by atoms with Crippen molar-refractivity contribution in [3.8, 4) is 0 Å². The Morgan fingerprint density at radius 3 is 2.44 bits per heavy atom. The van der Waals surface area contributed by atoms with Crippen molar-refractivity contribution in [2.24, 2.45) is 0 Å². The van der Waals surface area contributed by atoms with Gasteiger partial charge in [0.15, 0.2) is 0 Å². The van der Waals surface area contributed by atoms with Crippen LogP contribution in [0.25, 0.3) is 0 Å². The number of halogens is 3. The van der Waals surface area contributed by atoms with Crippen LogP contribution in [-0.4, -0.2) is 73.3 Å². The van der Waals surface area contributed by atoms with Crippen LogP contribution in [-0.2, 0) is 10.9 Å². The third-order valence-corrected chi connectivity index (χ3v) is 7.81. The van der Waals surface area contributed by atoms with Gasteiger partial charge < -0.3 is 25.6 Å². The fraction of sp³-hybridized carbons (Fsp3) is 0.423. The molecule has 0 aliphatic carbocycles. The van der Waals surface area contributed by atoms with Crippen molar-refractivity contribution in [1.82, 2.24) is 20.2 Å². The van der Waals surface area contributed by atoms with Gasteiger partial charge >= 0.3 is 6.18 Å². The Balaban J connectivity index is 1.26. The predicted octanol–water partition coefficient (Wildman–Crippen LogP) is 4.70. The number of anilines is 5. The molecule has 2 aromatic heterocycles. The molecule has 2 fully saturated rings. The minimum atomic E-state index is -4.68. The van der Waals surface area contributed by atoms with E-state index >= 15 is 0 Å². The van der Waals surface area contributed by atoms with Gasteiger partial charge in [0, 0.05) is 56.8 Å². The van der Waals surface area contributed by atoms with Gasteiger partial charge in [-0.05, 0) is 48.6 Å². The average molecular weight is 562 g/mol. The van der Waals surface area contributed by atoms with Gasteiger partial charge in [-0.3, -0.25) is 9.69 Å². The number of hydrogen-bond donors (Lipinski definition) is 3. The number of ether oxygens (including phenoxy) is 1. The number of nitrogens with zero attached hydrogens (tertiary/aromatic N) is 4. The van der Waals surface area contributed by atoms with Gasteiger partial charge in [-0.25, -0.2) is 4.98 Å². The molecule has 2 aliphatic rings. The molecule has 208 valence electrons. The summed E-state index contributed by atoms with van der Waals surface area (Å²) in [5.41, 5.74) is 0.944. The Morgan fingerprint density at radius 2 is 1.77 bits per heavy atom. The smallest absolute Gasteiger partial charge is 0.379 e. The highest BCUT2D eigenvalue weighted by molar-refractivity contribution is 7.14. The number of piperidine rings is 1. The number of amides is 1. The van der Waals surface area contributed by atoms with Crippen molar-refractivity contribution >= 4 is 45.4 Å². The number of alkyl halides is 3. The predicted molar refractivity (Wildman–Crippen MR) is 145 cm³/mol. The zero-order chi connectivity index (χ0) is 27.4. The maximum atomic E-state index is 13.7. The van der Waals surface area contributed by atoms with Crippen molar-refractivity contribution in [2.45, 2.75) is 25.1 Å². The molecule has 3 N–H and O–H groups in total. The Morgan fingerprint density at radius 1 is 1.05 bits per heavy atom. The van der Waals surface area contributed by atoms with Crippen LogP contribution in [0.2, 0.25) is 0 Å². The molecule has 2 aliphatic heterocycles. The largest absolute Gasteiger partial charge is 0.421 e. The highest BCUT2D eigenvalue weighted by Gasteiger charge is 2.36. The lowest BCUT2D eigenvalue weighted by Crippen LogP contribution is -2.49. The third-order valence-electron chi connectivity index (χ3n) is 6.98. The number of thiophene rings is 1. The molecule has 0 bridgehead atoms. The maximum Gasteiger partial charge on any atom is 0.421 e. The van der Waals surface area contributed by atoms with Crippen LogP contribution in [0, 0.1) is 0 Å². The molecule has 2 saturated heterocycles. The van der Waals surface area contributed by atoms with E-state index in [9.17, 15) is 18.0 Å². The molecule has 4 heterocycles. The summed E-state index contributed by atoms with van der Waals surface area (Å²) >= 11 is 1.11. The summed E-state index contributed by atoms with van der Waals surface area (Å²) in [6.45, 7) is 5.53. The summed E-state index contributed by atoms with van der Waals surface area (Å²) in [4.78, 5) is 24.9. The van der Waals surface area contributed by atoms with E-state index < -0.39 is 23.5 Å². The number of carbonyl (C=O) groups excluding carboxylic acids is 1. The molecule has 39 heavy (non-hydrogen) atoms. The first-order valence-corrected chi connectivity index (χ1v) is 13.6. The second kappa shape index (κ2) is 11.8. The van der Waals surface area contributed by atoms with E-state index in [0.29, 0.717) is 11.7 Å². The molecule has 1 aromatic carbocycles. The molecule has 0 spiro atoms. The minimum absolute atomic E-state index is 0.00243. The maximum absolute atomic E-state index is 13.7. The Hall–Kier alpha value is -3.42. The van der Waals surface area contributed by atoms with Crippen molar-refractivity contribution < 1.29 is 22.7 Å². The van der Waals surface area contributed by atoms with Crippen molar-refractivity contribution in [2.75, 3.05) is 62.0 Å². The number of rotatable bonds is 7. The van der Waals surface area contributed by atoms with E-state index in [1.807, 2.05) is 24.3 Å². The van der Waals surface area contributed by atoms with Gasteiger partial charge in [-0.2, -0.15) is 18.2 Å². The topological polar surface area (TPSA) is 94.6 Å². The normalized spacial score (nSPS) is 17.2. The quantitative estimate of drug-likeness (QED) is 0.382. The lowest BCUT2D eigenvalue weighted by atomic mass is 10.0. The molecule has 0 unspecified atom stereocenters. The summed E-state index contributed by atoms with van der Waals surface area (Å²) < 4.78 is 46.5. The zero-order valence-electron chi connectivity index (χ0n) is 21.4. The van der Waals surface area contributed by atoms with E-state index in [2.05, 4.69) is 35.7 Å². The van der Waals surface area contributed by atoms with Crippen molar-refractivity contribution in [3.05, 3.63) is 53.0 Å². The lowest BCUT2D eigenvalue weighted by molar-refractivity contribution is -0.137. The van der Waals surface area contributed by atoms with Crippen LogP contribution in [0.3, 0.4) is 0 Å². The number of aromatic nitrogens is 2. The summed E-state index contributed by atoms with van der Waals surface area (Å²) in [6, 6.07) is 9.82. The zero-order valence-corrected chi connectivity index (χ0v) is 22.2. The molecule has 0 saturated carbocycles. The highest BCUT2D eigenvalue weighted by Crippen LogP contribution is 2.37. The summed E-state index contributed by atoms with van der Waals surface area (Å²) in [5, 5.41) is 10.0. The summed E-state index contributed by atoms with van der Waals surface area (Å²) in [7, 11) is 1.45. The van der Waals surface area contributed by atoms with Gasteiger partial charge in [0.05, 0.1) is 18.8 Å². The van der Waals surface area contributed by atoms with Gasteiger partial charge in [0.25, 0.3) is 5.91 Å². The first-order chi connectivity index (χ1) is 18.8. The van der Waals surface area contributed by atoms with Crippen LogP contribution >= 0.6 is 11.3 Å². The van der Waals surface area contributed by atoms with Crippen LogP contribution in [0.4, 0.5) is 41.3 Å². The number of benzene rings is 1. The van der Waals surface area contributed by atoms with E-state index in [-0.39, 0.29) is 16.5 Å². The summed E-state index contributed by atoms with van der Waals surface area (Å²) in [6.07, 6.45) is -1.75. The van der Waals surface area contributed by atoms with Gasteiger partial charge in [0.2, 0.25) is 5.95 Å². The molecular formula is C26H30F3N7O2S. The number of carbonyl (C=O) groups is 1. The highest BCUT2D eigenvalue weighted by atomic mass is 32.1. The van der Waals surface area contributed by atoms with Crippen LogP contribution < -0.4 is 20.9 Å². The molecule has 0 radical (unpaired) electrons.